The molecule has 0 saturated carbocycles. The first-order valence-electron chi connectivity index (χ1n) is 7.33. The number of amides is 1. The quantitative estimate of drug-likeness (QED) is 0.867. The number of morpholine rings is 1. The molecule has 3 rings (SSSR count). The van der Waals surface area contributed by atoms with E-state index in [9.17, 15) is 9.18 Å². The molecule has 0 aliphatic carbocycles. The minimum atomic E-state index is -0.266. The van der Waals surface area contributed by atoms with E-state index in [4.69, 9.17) is 4.74 Å². The number of halogens is 1. The van der Waals surface area contributed by atoms with E-state index in [2.05, 4.69) is 0 Å². The average molecular weight is 319 g/mol. The number of hydrogen-bond acceptors (Lipinski definition) is 3. The second-order valence-electron chi connectivity index (χ2n) is 5.54. The molecule has 2 heterocycles. The molecule has 1 aliphatic heterocycles. The zero-order valence-electron chi connectivity index (χ0n) is 12.4. The van der Waals surface area contributed by atoms with Gasteiger partial charge < -0.3 is 9.64 Å². The van der Waals surface area contributed by atoms with Crippen LogP contribution in [0.25, 0.3) is 0 Å². The molecule has 1 aliphatic rings. The lowest BCUT2D eigenvalue weighted by atomic mass is 10.1. The Morgan fingerprint density at radius 1 is 1.32 bits per heavy atom. The van der Waals surface area contributed by atoms with Crippen molar-refractivity contribution in [1.82, 2.24) is 4.90 Å². The zero-order valence-corrected chi connectivity index (χ0v) is 13.2. The van der Waals surface area contributed by atoms with Gasteiger partial charge in [-0.2, -0.15) is 0 Å². The molecule has 22 heavy (non-hydrogen) atoms. The summed E-state index contributed by atoms with van der Waals surface area (Å²) in [6.45, 7) is 3.07. The van der Waals surface area contributed by atoms with Crippen molar-refractivity contribution in [2.45, 2.75) is 25.6 Å². The minimum Gasteiger partial charge on any atom is -0.367 e. The Bertz CT molecular complexity index is 627. The van der Waals surface area contributed by atoms with E-state index in [-0.39, 0.29) is 23.9 Å². The van der Waals surface area contributed by atoms with Crippen LogP contribution in [0.2, 0.25) is 0 Å². The van der Waals surface area contributed by atoms with Crippen LogP contribution in [0.3, 0.4) is 0 Å². The molecule has 2 atom stereocenters. The van der Waals surface area contributed by atoms with Crippen molar-refractivity contribution < 1.29 is 13.9 Å². The normalized spacial score (nSPS) is 21.8. The van der Waals surface area contributed by atoms with E-state index in [1.54, 1.807) is 23.5 Å². The number of thiophene rings is 1. The predicted molar refractivity (Wildman–Crippen MR) is 84.3 cm³/mol. The van der Waals surface area contributed by atoms with Crippen molar-refractivity contribution in [3.63, 3.8) is 0 Å². The van der Waals surface area contributed by atoms with Gasteiger partial charge in [-0.15, -0.1) is 11.3 Å². The maximum Gasteiger partial charge on any atom is 0.228 e. The van der Waals surface area contributed by atoms with E-state index in [0.29, 0.717) is 19.5 Å². The summed E-state index contributed by atoms with van der Waals surface area (Å²) in [5.74, 6) is -0.150. The van der Waals surface area contributed by atoms with Crippen LogP contribution in [0, 0.1) is 5.82 Å². The number of benzene rings is 1. The maximum absolute atomic E-state index is 13.0. The maximum atomic E-state index is 13.0. The predicted octanol–water partition coefficient (Wildman–Crippen LogP) is 3.42. The lowest BCUT2D eigenvalue weighted by Crippen LogP contribution is -2.46. The molecule has 1 saturated heterocycles. The fourth-order valence-electron chi connectivity index (χ4n) is 2.69. The summed E-state index contributed by atoms with van der Waals surface area (Å²) in [5.41, 5.74) is 0.905. The average Bonchev–Trinajstić information content (AvgIpc) is 3.00. The molecule has 2 aromatic rings. The zero-order chi connectivity index (χ0) is 15.5. The molecule has 1 fully saturated rings. The molecule has 2 unspecified atom stereocenters. The van der Waals surface area contributed by atoms with Gasteiger partial charge in [0.25, 0.3) is 0 Å². The molecular weight excluding hydrogens is 301 g/mol. The third kappa shape index (κ3) is 3.54. The molecule has 0 radical (unpaired) electrons. The monoisotopic (exact) mass is 319 g/mol. The van der Waals surface area contributed by atoms with Crippen LogP contribution in [-0.4, -0.2) is 30.0 Å². The molecule has 5 heteroatoms. The van der Waals surface area contributed by atoms with Crippen molar-refractivity contribution in [2.24, 2.45) is 0 Å². The van der Waals surface area contributed by atoms with Gasteiger partial charge in [0.1, 0.15) is 11.9 Å². The number of hydrogen-bond donors (Lipinski definition) is 0. The van der Waals surface area contributed by atoms with E-state index < -0.39 is 0 Å². The first-order valence-corrected chi connectivity index (χ1v) is 8.21. The molecule has 1 aromatic heterocycles. The smallest absolute Gasteiger partial charge is 0.228 e. The third-order valence-electron chi connectivity index (χ3n) is 3.76. The molecule has 0 N–H and O–H groups in total. The summed E-state index contributed by atoms with van der Waals surface area (Å²) in [6.07, 6.45) is 0.202. The number of carbonyl (C=O) groups is 1. The Kier molecular flexibility index (Phi) is 4.55. The van der Waals surface area contributed by atoms with Crippen LogP contribution in [-0.2, 0) is 16.0 Å². The number of ether oxygens (including phenoxy) is 1. The topological polar surface area (TPSA) is 29.5 Å². The van der Waals surface area contributed by atoms with E-state index in [1.807, 2.05) is 29.3 Å². The van der Waals surface area contributed by atoms with Gasteiger partial charge in [-0.1, -0.05) is 18.2 Å². The summed E-state index contributed by atoms with van der Waals surface area (Å²) < 4.78 is 19.0. The van der Waals surface area contributed by atoms with Crippen LogP contribution in [0.5, 0.6) is 0 Å². The van der Waals surface area contributed by atoms with E-state index >= 15 is 0 Å². The number of rotatable bonds is 3. The Labute approximate surface area is 133 Å². The Morgan fingerprint density at radius 3 is 2.77 bits per heavy atom. The Hall–Kier alpha value is -1.72. The lowest BCUT2D eigenvalue weighted by molar-refractivity contribution is -0.144. The largest absolute Gasteiger partial charge is 0.367 e. The number of nitrogens with zero attached hydrogens (tertiary/aromatic N) is 1. The third-order valence-corrected chi connectivity index (χ3v) is 4.64. The second kappa shape index (κ2) is 6.58. The van der Waals surface area contributed by atoms with E-state index in [1.165, 1.54) is 12.1 Å². The summed E-state index contributed by atoms with van der Waals surface area (Å²) in [5, 5.41) is 1.98. The summed E-state index contributed by atoms with van der Waals surface area (Å²) in [4.78, 5) is 15.4. The molecule has 3 nitrogen and oxygen atoms in total. The van der Waals surface area contributed by atoms with Crippen LogP contribution >= 0.6 is 11.3 Å². The van der Waals surface area contributed by atoms with Gasteiger partial charge >= 0.3 is 0 Å². The lowest BCUT2D eigenvalue weighted by Gasteiger charge is -2.37. The van der Waals surface area contributed by atoms with Gasteiger partial charge in [-0.3, -0.25) is 4.79 Å². The van der Waals surface area contributed by atoms with Gasteiger partial charge in [0.2, 0.25) is 5.91 Å². The van der Waals surface area contributed by atoms with Crippen molar-refractivity contribution in [3.05, 3.63) is 58.0 Å². The molecule has 1 amide bonds. The van der Waals surface area contributed by atoms with Crippen LogP contribution in [0.4, 0.5) is 4.39 Å². The van der Waals surface area contributed by atoms with Gasteiger partial charge in [-0.25, -0.2) is 4.39 Å². The van der Waals surface area contributed by atoms with Gasteiger partial charge in [0.15, 0.2) is 0 Å². The highest BCUT2D eigenvalue weighted by atomic mass is 32.1. The van der Waals surface area contributed by atoms with Crippen LogP contribution in [0.15, 0.2) is 41.8 Å². The summed E-state index contributed by atoms with van der Waals surface area (Å²) in [6, 6.07) is 10.2. The van der Waals surface area contributed by atoms with Crippen molar-refractivity contribution in [3.8, 4) is 0 Å². The van der Waals surface area contributed by atoms with Crippen molar-refractivity contribution in [1.29, 1.82) is 0 Å². The van der Waals surface area contributed by atoms with Gasteiger partial charge in [0.05, 0.1) is 19.1 Å². The molecule has 0 spiro atoms. The van der Waals surface area contributed by atoms with Gasteiger partial charge in [-0.05, 0) is 36.1 Å². The summed E-state index contributed by atoms with van der Waals surface area (Å²) >= 11 is 1.59. The van der Waals surface area contributed by atoms with Gasteiger partial charge in [0, 0.05) is 11.4 Å². The standard InChI is InChI=1S/C17H18FNO2S/c1-12-10-19(17(20)9-15-3-2-8-22-15)11-16(21-12)13-4-6-14(18)7-5-13/h2-8,12,16H,9-11H2,1H3. The number of carbonyl (C=O) groups excluding carboxylic acids is 1. The SMILES string of the molecule is CC1CN(C(=O)Cc2cccs2)CC(c2ccc(F)cc2)O1. The highest BCUT2D eigenvalue weighted by Gasteiger charge is 2.29. The molecule has 116 valence electrons. The Morgan fingerprint density at radius 2 is 2.09 bits per heavy atom. The van der Waals surface area contributed by atoms with E-state index in [0.717, 1.165) is 10.4 Å². The molecular formula is C17H18FNO2S. The fraction of sp³-hybridized carbons (Fsp3) is 0.353. The first kappa shape index (κ1) is 15.2. The Balaban J connectivity index is 1.70. The van der Waals surface area contributed by atoms with Crippen molar-refractivity contribution >= 4 is 17.2 Å². The van der Waals surface area contributed by atoms with Crippen LogP contribution < -0.4 is 0 Å². The summed E-state index contributed by atoms with van der Waals surface area (Å²) in [7, 11) is 0. The minimum absolute atomic E-state index is 0.0314. The fourth-order valence-corrected chi connectivity index (χ4v) is 3.39. The highest BCUT2D eigenvalue weighted by Crippen LogP contribution is 2.26. The molecule has 1 aromatic carbocycles. The second-order valence-corrected chi connectivity index (χ2v) is 6.57. The highest BCUT2D eigenvalue weighted by molar-refractivity contribution is 7.10. The van der Waals surface area contributed by atoms with Crippen molar-refractivity contribution in [2.75, 3.05) is 13.1 Å². The molecule has 0 bridgehead atoms. The van der Waals surface area contributed by atoms with Crippen LogP contribution in [0.1, 0.15) is 23.5 Å². The first-order chi connectivity index (χ1) is 10.6.